The average molecular weight is 359 g/mol. The molecule has 4 rings (SSSR count). The van der Waals surface area contributed by atoms with Crippen LogP contribution in [-0.2, 0) is 10.3 Å². The third-order valence-electron chi connectivity index (χ3n) is 7.56. The van der Waals surface area contributed by atoms with Crippen molar-refractivity contribution in [3.8, 4) is 0 Å². The predicted octanol–water partition coefficient (Wildman–Crippen LogP) is 4.22. The summed E-state index contributed by atoms with van der Waals surface area (Å²) in [5.74, 6) is 0.597. The predicted molar refractivity (Wildman–Crippen MR) is 101 cm³/mol. The molecule has 2 aliphatic heterocycles. The Morgan fingerprint density at radius 1 is 1.08 bits per heavy atom. The lowest BCUT2D eigenvalue weighted by Gasteiger charge is -2.52. The van der Waals surface area contributed by atoms with Crippen molar-refractivity contribution in [1.82, 2.24) is 10.2 Å². The van der Waals surface area contributed by atoms with Gasteiger partial charge in [0.25, 0.3) is 0 Å². The van der Waals surface area contributed by atoms with Gasteiger partial charge in [-0.3, -0.25) is 9.69 Å². The van der Waals surface area contributed by atoms with Crippen LogP contribution < -0.4 is 5.32 Å². The number of nitrogens with one attached hydrogen (secondary N) is 1. The van der Waals surface area contributed by atoms with E-state index in [1.165, 1.54) is 24.8 Å². The van der Waals surface area contributed by atoms with Crippen LogP contribution in [0.5, 0.6) is 0 Å². The first-order valence-corrected chi connectivity index (χ1v) is 10.4. The minimum atomic E-state index is -0.161. The number of likely N-dealkylation sites (tertiary alicyclic amines) is 1. The average Bonchev–Trinajstić information content (AvgIpc) is 2.98. The molecule has 1 aromatic carbocycles. The first-order chi connectivity index (χ1) is 12.6. The number of nitrogens with zero attached hydrogens (tertiary/aromatic N) is 1. The molecule has 3 fully saturated rings. The fourth-order valence-corrected chi connectivity index (χ4v) is 5.96. The Morgan fingerprint density at radius 3 is 2.35 bits per heavy atom. The quantitative estimate of drug-likeness (QED) is 0.877. The van der Waals surface area contributed by atoms with E-state index in [4.69, 9.17) is 0 Å². The highest BCUT2D eigenvalue weighted by Crippen LogP contribution is 2.49. The molecule has 3 nitrogen and oxygen atoms in total. The van der Waals surface area contributed by atoms with Gasteiger partial charge in [-0.1, -0.05) is 44.7 Å². The van der Waals surface area contributed by atoms with Gasteiger partial charge >= 0.3 is 0 Å². The Morgan fingerprint density at radius 2 is 1.73 bits per heavy atom. The van der Waals surface area contributed by atoms with Gasteiger partial charge in [0, 0.05) is 25.2 Å². The molecule has 1 unspecified atom stereocenters. The molecule has 0 aromatic heterocycles. The number of hydrogen-bond acceptors (Lipinski definition) is 2. The van der Waals surface area contributed by atoms with Crippen LogP contribution in [0.3, 0.4) is 0 Å². The lowest BCUT2D eigenvalue weighted by molar-refractivity contribution is -0.133. The third-order valence-corrected chi connectivity index (χ3v) is 7.56. The van der Waals surface area contributed by atoms with Crippen molar-refractivity contribution >= 4 is 5.91 Å². The van der Waals surface area contributed by atoms with Crippen molar-refractivity contribution in [1.29, 1.82) is 0 Å². The highest BCUT2D eigenvalue weighted by atomic mass is 19.1. The van der Waals surface area contributed by atoms with E-state index in [-0.39, 0.29) is 22.7 Å². The molecule has 0 radical (unpaired) electrons. The topological polar surface area (TPSA) is 32.3 Å². The maximum absolute atomic E-state index is 13.5. The second-order valence-electron chi connectivity index (χ2n) is 8.56. The van der Waals surface area contributed by atoms with E-state index in [1.54, 1.807) is 12.1 Å². The molecule has 1 atom stereocenters. The maximum Gasteiger partial charge on any atom is 0.226 e. The van der Waals surface area contributed by atoms with Crippen molar-refractivity contribution in [3.05, 3.63) is 35.6 Å². The first-order valence-electron chi connectivity index (χ1n) is 10.4. The summed E-state index contributed by atoms with van der Waals surface area (Å²) in [6.07, 6.45) is 9.04. The van der Waals surface area contributed by atoms with Crippen molar-refractivity contribution in [2.75, 3.05) is 19.6 Å². The van der Waals surface area contributed by atoms with E-state index in [1.807, 2.05) is 12.1 Å². The second kappa shape index (κ2) is 6.95. The van der Waals surface area contributed by atoms with Gasteiger partial charge in [0.05, 0.1) is 5.41 Å². The van der Waals surface area contributed by atoms with Crippen LogP contribution in [0.15, 0.2) is 24.3 Å². The minimum Gasteiger partial charge on any atom is -0.355 e. The number of benzene rings is 1. The zero-order valence-electron chi connectivity index (χ0n) is 15.9. The summed E-state index contributed by atoms with van der Waals surface area (Å²) in [6, 6.07) is 7.19. The van der Waals surface area contributed by atoms with Gasteiger partial charge in [-0.2, -0.15) is 0 Å². The number of piperidine rings is 1. The number of carbonyl (C=O) groups excluding carboxylic acids is 1. The van der Waals surface area contributed by atoms with Crippen molar-refractivity contribution in [3.63, 3.8) is 0 Å². The van der Waals surface area contributed by atoms with Crippen LogP contribution in [-0.4, -0.2) is 30.4 Å². The van der Waals surface area contributed by atoms with E-state index >= 15 is 0 Å². The molecule has 1 saturated carbocycles. The normalized spacial score (nSPS) is 28.2. The summed E-state index contributed by atoms with van der Waals surface area (Å²) in [7, 11) is 0. The summed E-state index contributed by atoms with van der Waals surface area (Å²) in [5, 5.41) is 3.12. The van der Waals surface area contributed by atoms with Crippen LogP contribution in [0.4, 0.5) is 4.39 Å². The van der Waals surface area contributed by atoms with Gasteiger partial charge < -0.3 is 5.32 Å². The first kappa shape index (κ1) is 18.0. The second-order valence-corrected chi connectivity index (χ2v) is 8.56. The Hall–Kier alpha value is -1.42. The van der Waals surface area contributed by atoms with Gasteiger partial charge in [-0.05, 0) is 49.3 Å². The summed E-state index contributed by atoms with van der Waals surface area (Å²) in [4.78, 5) is 15.2. The number of hydrogen-bond donors (Lipinski definition) is 1. The van der Waals surface area contributed by atoms with Gasteiger partial charge in [-0.25, -0.2) is 4.39 Å². The van der Waals surface area contributed by atoms with Gasteiger partial charge in [0.2, 0.25) is 5.91 Å². The SMILES string of the molecule is CCC1CNC(=O)C12CCN(C1(c3ccc(F)cc3)CCCCC1)CC2. The molecular weight excluding hydrogens is 327 g/mol. The molecule has 1 spiro atoms. The van der Waals surface area contributed by atoms with Crippen molar-refractivity contribution < 1.29 is 9.18 Å². The maximum atomic E-state index is 13.5. The number of amides is 1. The lowest BCUT2D eigenvalue weighted by atomic mass is 9.67. The monoisotopic (exact) mass is 358 g/mol. The van der Waals surface area contributed by atoms with Crippen molar-refractivity contribution in [2.45, 2.75) is 63.8 Å². The Labute approximate surface area is 156 Å². The summed E-state index contributed by atoms with van der Waals surface area (Å²) < 4.78 is 13.5. The molecule has 0 bridgehead atoms. The van der Waals surface area contributed by atoms with E-state index in [2.05, 4.69) is 17.1 Å². The van der Waals surface area contributed by atoms with Crippen LogP contribution in [0.25, 0.3) is 0 Å². The number of rotatable bonds is 3. The lowest BCUT2D eigenvalue weighted by Crippen LogP contribution is -2.55. The third kappa shape index (κ3) is 2.77. The van der Waals surface area contributed by atoms with Gasteiger partial charge in [0.1, 0.15) is 5.82 Å². The van der Waals surface area contributed by atoms with E-state index in [0.717, 1.165) is 51.7 Å². The highest BCUT2D eigenvalue weighted by Gasteiger charge is 2.53. The molecule has 3 aliphatic rings. The van der Waals surface area contributed by atoms with Crippen LogP contribution in [0.2, 0.25) is 0 Å². The van der Waals surface area contributed by atoms with Gasteiger partial charge in [0.15, 0.2) is 0 Å². The standard InChI is InChI=1S/C22H31FN2O/c1-2-17-16-24-20(26)21(17)12-14-25(15-13-21)22(10-4-3-5-11-22)18-6-8-19(23)9-7-18/h6-9,17H,2-5,10-16H2,1H3,(H,24,26). The number of halogens is 1. The Balaban J connectivity index is 1.59. The fourth-order valence-electron chi connectivity index (χ4n) is 5.96. The highest BCUT2D eigenvalue weighted by molar-refractivity contribution is 5.85. The van der Waals surface area contributed by atoms with Crippen LogP contribution >= 0.6 is 0 Å². The van der Waals surface area contributed by atoms with E-state index in [0.29, 0.717) is 5.92 Å². The molecule has 2 heterocycles. The Kier molecular flexibility index (Phi) is 4.81. The van der Waals surface area contributed by atoms with Crippen LogP contribution in [0, 0.1) is 17.2 Å². The molecule has 1 aromatic rings. The van der Waals surface area contributed by atoms with E-state index in [9.17, 15) is 9.18 Å². The molecule has 1 amide bonds. The zero-order valence-corrected chi connectivity index (χ0v) is 15.9. The summed E-state index contributed by atoms with van der Waals surface area (Å²) >= 11 is 0. The Bertz CT molecular complexity index is 643. The molecule has 1 N–H and O–H groups in total. The molecule has 26 heavy (non-hydrogen) atoms. The van der Waals surface area contributed by atoms with Gasteiger partial charge in [-0.15, -0.1) is 0 Å². The fraction of sp³-hybridized carbons (Fsp3) is 0.682. The minimum absolute atomic E-state index is 0.0321. The molecule has 1 aliphatic carbocycles. The molecular formula is C22H31FN2O. The van der Waals surface area contributed by atoms with E-state index < -0.39 is 0 Å². The van der Waals surface area contributed by atoms with Crippen LogP contribution in [0.1, 0.15) is 63.9 Å². The summed E-state index contributed by atoms with van der Waals surface area (Å²) in [5.41, 5.74) is 1.14. The molecule has 2 saturated heterocycles. The largest absolute Gasteiger partial charge is 0.355 e. The molecule has 4 heteroatoms. The smallest absolute Gasteiger partial charge is 0.226 e. The molecule has 142 valence electrons. The number of carbonyl (C=O) groups is 1. The zero-order chi connectivity index (χ0) is 18.2. The van der Waals surface area contributed by atoms with Crippen molar-refractivity contribution in [2.24, 2.45) is 11.3 Å². The summed E-state index contributed by atoms with van der Waals surface area (Å²) in [6.45, 7) is 5.00.